The first kappa shape index (κ1) is 20.2. The Morgan fingerprint density at radius 1 is 0.966 bits per heavy atom. The molecule has 29 heavy (non-hydrogen) atoms. The number of benzene rings is 2. The van der Waals surface area contributed by atoms with Crippen LogP contribution >= 0.6 is 0 Å². The Morgan fingerprint density at radius 3 is 2.10 bits per heavy atom. The van der Waals surface area contributed by atoms with Gasteiger partial charge in [0, 0.05) is 18.7 Å². The summed E-state index contributed by atoms with van der Waals surface area (Å²) in [4.78, 5) is 32.7. The molecule has 2 aromatic carbocycles. The summed E-state index contributed by atoms with van der Waals surface area (Å²) < 4.78 is 5.96. The van der Waals surface area contributed by atoms with E-state index in [1.807, 2.05) is 24.3 Å². The lowest BCUT2D eigenvalue weighted by molar-refractivity contribution is -0.394. The summed E-state index contributed by atoms with van der Waals surface area (Å²) in [5.41, 5.74) is -0.334. The number of hydrogen-bond acceptors (Lipinski definition) is 6. The Hall–Kier alpha value is -3.49. The first-order valence-corrected chi connectivity index (χ1v) is 9.40. The number of rotatable bonds is 7. The maximum atomic E-state index is 12.3. The number of hydrogen-bond donors (Lipinski definition) is 1. The number of carbonyl (C=O) groups is 1. The monoisotopic (exact) mass is 399 g/mol. The third-order valence-corrected chi connectivity index (χ3v) is 4.82. The average Bonchev–Trinajstić information content (AvgIpc) is 2.73. The molecule has 0 aliphatic heterocycles. The normalized spacial score (nSPS) is 14.2. The second-order valence-corrected chi connectivity index (χ2v) is 6.96. The van der Waals surface area contributed by atoms with Gasteiger partial charge in [0.1, 0.15) is 5.75 Å². The molecule has 0 spiro atoms. The molecule has 1 aliphatic carbocycles. The minimum absolute atomic E-state index is 0.136. The number of nitrogens with one attached hydrogen (secondary N) is 1. The van der Waals surface area contributed by atoms with E-state index in [1.54, 1.807) is 0 Å². The molecule has 1 fully saturated rings. The number of amides is 1. The minimum Gasteiger partial charge on any atom is -0.490 e. The van der Waals surface area contributed by atoms with Gasteiger partial charge in [-0.05, 0) is 43.4 Å². The highest BCUT2D eigenvalue weighted by molar-refractivity contribution is 5.95. The van der Waals surface area contributed by atoms with Crippen LogP contribution in [0.2, 0.25) is 0 Å². The van der Waals surface area contributed by atoms with E-state index >= 15 is 0 Å². The standard InChI is InChI=1S/C20H21N3O6/c24-20(15-10-16(22(25)26)12-17(11-15)23(27)28)21-13-14-6-8-19(9-7-14)29-18-4-2-1-3-5-18/h6-12,18H,1-5,13H2,(H,21,24). The van der Waals surface area contributed by atoms with Crippen LogP contribution in [-0.2, 0) is 6.54 Å². The van der Waals surface area contributed by atoms with E-state index in [1.165, 1.54) is 19.3 Å². The van der Waals surface area contributed by atoms with Gasteiger partial charge in [0.2, 0.25) is 0 Å². The molecular formula is C20H21N3O6. The molecule has 0 atom stereocenters. The van der Waals surface area contributed by atoms with Gasteiger partial charge in [0.05, 0.1) is 27.6 Å². The molecule has 0 heterocycles. The molecule has 0 radical (unpaired) electrons. The van der Waals surface area contributed by atoms with E-state index in [2.05, 4.69) is 5.32 Å². The van der Waals surface area contributed by atoms with E-state index in [-0.39, 0.29) is 18.2 Å². The fourth-order valence-electron chi connectivity index (χ4n) is 3.28. The smallest absolute Gasteiger partial charge is 0.277 e. The lowest BCUT2D eigenvalue weighted by Crippen LogP contribution is -2.23. The molecule has 0 unspecified atom stereocenters. The SMILES string of the molecule is O=C(NCc1ccc(OC2CCCCC2)cc1)c1cc([N+](=O)[O-])cc([N+](=O)[O-])c1. The molecule has 152 valence electrons. The summed E-state index contributed by atoms with van der Waals surface area (Å²) in [6.45, 7) is 0.180. The fraction of sp³-hybridized carbons (Fsp3) is 0.350. The van der Waals surface area contributed by atoms with Crippen molar-refractivity contribution in [2.24, 2.45) is 0 Å². The number of ether oxygens (including phenoxy) is 1. The summed E-state index contributed by atoms with van der Waals surface area (Å²) in [6, 6.07) is 10.2. The van der Waals surface area contributed by atoms with Crippen molar-refractivity contribution in [3.63, 3.8) is 0 Å². The van der Waals surface area contributed by atoms with Crippen molar-refractivity contribution in [1.82, 2.24) is 5.32 Å². The molecule has 3 rings (SSSR count). The summed E-state index contributed by atoms with van der Waals surface area (Å²) in [7, 11) is 0. The predicted molar refractivity (Wildman–Crippen MR) is 105 cm³/mol. The van der Waals surface area contributed by atoms with Crippen LogP contribution in [0.5, 0.6) is 5.75 Å². The van der Waals surface area contributed by atoms with Crippen molar-refractivity contribution in [2.45, 2.75) is 44.8 Å². The maximum absolute atomic E-state index is 12.3. The van der Waals surface area contributed by atoms with Crippen LogP contribution in [0.3, 0.4) is 0 Å². The molecular weight excluding hydrogens is 378 g/mol. The largest absolute Gasteiger partial charge is 0.490 e. The maximum Gasteiger partial charge on any atom is 0.277 e. The topological polar surface area (TPSA) is 125 Å². The van der Waals surface area contributed by atoms with Crippen molar-refractivity contribution >= 4 is 17.3 Å². The third-order valence-electron chi connectivity index (χ3n) is 4.82. The molecule has 1 amide bonds. The highest BCUT2D eigenvalue weighted by Gasteiger charge is 2.20. The van der Waals surface area contributed by atoms with Crippen molar-refractivity contribution in [1.29, 1.82) is 0 Å². The number of nitro groups is 2. The van der Waals surface area contributed by atoms with Crippen LogP contribution < -0.4 is 10.1 Å². The molecule has 1 aliphatic rings. The van der Waals surface area contributed by atoms with Crippen molar-refractivity contribution in [3.05, 3.63) is 73.8 Å². The molecule has 0 saturated heterocycles. The second-order valence-electron chi connectivity index (χ2n) is 6.96. The molecule has 1 saturated carbocycles. The second kappa shape index (κ2) is 9.13. The molecule has 0 bridgehead atoms. The zero-order chi connectivity index (χ0) is 20.8. The van der Waals surface area contributed by atoms with Crippen molar-refractivity contribution in [2.75, 3.05) is 0 Å². The lowest BCUT2D eigenvalue weighted by atomic mass is 9.98. The highest BCUT2D eigenvalue weighted by Crippen LogP contribution is 2.24. The van der Waals surface area contributed by atoms with Crippen molar-refractivity contribution in [3.8, 4) is 5.75 Å². The zero-order valence-electron chi connectivity index (χ0n) is 15.7. The highest BCUT2D eigenvalue weighted by atomic mass is 16.6. The van der Waals surface area contributed by atoms with Crippen molar-refractivity contribution < 1.29 is 19.4 Å². The predicted octanol–water partition coefficient (Wildman–Crippen LogP) is 4.14. The number of non-ortho nitro benzene ring substituents is 2. The van der Waals surface area contributed by atoms with Gasteiger partial charge >= 0.3 is 0 Å². The third kappa shape index (κ3) is 5.50. The van der Waals surface area contributed by atoms with Crippen LogP contribution in [0.4, 0.5) is 11.4 Å². The van der Waals surface area contributed by atoms with E-state index in [0.29, 0.717) is 0 Å². The molecule has 0 aromatic heterocycles. The Labute approximate surface area is 167 Å². The van der Waals surface area contributed by atoms with Crippen LogP contribution in [0.1, 0.15) is 48.0 Å². The zero-order valence-corrected chi connectivity index (χ0v) is 15.7. The van der Waals surface area contributed by atoms with Gasteiger partial charge in [-0.15, -0.1) is 0 Å². The molecule has 2 aromatic rings. The summed E-state index contributed by atoms with van der Waals surface area (Å²) in [5, 5.41) is 24.5. The van der Waals surface area contributed by atoms with Gasteiger partial charge in [0.25, 0.3) is 17.3 Å². The van der Waals surface area contributed by atoms with E-state index < -0.39 is 27.1 Å². The fourth-order valence-corrected chi connectivity index (χ4v) is 3.28. The summed E-state index contributed by atoms with van der Waals surface area (Å²) >= 11 is 0. The van der Waals surface area contributed by atoms with Gasteiger partial charge in [-0.2, -0.15) is 0 Å². The van der Waals surface area contributed by atoms with Crippen LogP contribution in [0.15, 0.2) is 42.5 Å². The lowest BCUT2D eigenvalue weighted by Gasteiger charge is -2.23. The van der Waals surface area contributed by atoms with Crippen LogP contribution in [-0.4, -0.2) is 21.9 Å². The van der Waals surface area contributed by atoms with Gasteiger partial charge < -0.3 is 10.1 Å². The molecule has 1 N–H and O–H groups in total. The molecule has 9 nitrogen and oxygen atoms in total. The first-order chi connectivity index (χ1) is 13.9. The number of nitrogens with zero attached hydrogens (tertiary/aromatic N) is 2. The minimum atomic E-state index is -0.769. The molecule has 9 heteroatoms. The van der Waals surface area contributed by atoms with Gasteiger partial charge in [-0.25, -0.2) is 0 Å². The van der Waals surface area contributed by atoms with Gasteiger partial charge in [-0.1, -0.05) is 18.6 Å². The summed E-state index contributed by atoms with van der Waals surface area (Å²) in [6.07, 6.45) is 6.00. The van der Waals surface area contributed by atoms with Crippen LogP contribution in [0.25, 0.3) is 0 Å². The average molecular weight is 399 g/mol. The van der Waals surface area contributed by atoms with E-state index in [9.17, 15) is 25.0 Å². The summed E-state index contributed by atoms with van der Waals surface area (Å²) in [5.74, 6) is 0.153. The Kier molecular flexibility index (Phi) is 6.38. The Balaban J connectivity index is 1.61. The van der Waals surface area contributed by atoms with E-state index in [4.69, 9.17) is 4.74 Å². The van der Waals surface area contributed by atoms with Gasteiger partial charge in [-0.3, -0.25) is 25.0 Å². The Morgan fingerprint density at radius 2 is 1.55 bits per heavy atom. The first-order valence-electron chi connectivity index (χ1n) is 9.40. The van der Waals surface area contributed by atoms with E-state index in [0.717, 1.165) is 42.4 Å². The number of nitro benzene ring substituents is 2. The van der Waals surface area contributed by atoms with Crippen LogP contribution in [0, 0.1) is 20.2 Å². The Bertz CT molecular complexity index is 875. The van der Waals surface area contributed by atoms with Gasteiger partial charge in [0.15, 0.2) is 0 Å². The number of carbonyl (C=O) groups excluding carboxylic acids is 1. The quantitative estimate of drug-likeness (QED) is 0.551.